The third-order valence-corrected chi connectivity index (χ3v) is 4.64. The van der Waals surface area contributed by atoms with Gasteiger partial charge in [-0.05, 0) is 18.2 Å². The van der Waals surface area contributed by atoms with Crippen molar-refractivity contribution in [1.82, 2.24) is 14.4 Å². The maximum atomic E-state index is 12.5. The molecule has 0 atom stereocenters. The zero-order chi connectivity index (χ0) is 14.8. The molecule has 1 aromatic carbocycles. The second kappa shape index (κ2) is 5.78. The molecule has 0 aliphatic carbocycles. The standard InChI is InChI=1S/C11H12ClN3O4S/c1-15(6-11-13-7-19-14-11)20(16,17)10-5-8(12)3-4-9(10)18-2/h3-5,7H,6H2,1-2H3. The molecule has 0 saturated carbocycles. The molecule has 0 amide bonds. The Morgan fingerprint density at radius 2 is 2.20 bits per heavy atom. The van der Waals surface area contributed by atoms with Crippen LogP contribution in [0.5, 0.6) is 5.75 Å². The molecule has 0 unspecified atom stereocenters. The smallest absolute Gasteiger partial charge is 0.246 e. The van der Waals surface area contributed by atoms with Crippen molar-refractivity contribution in [2.75, 3.05) is 14.2 Å². The van der Waals surface area contributed by atoms with E-state index in [1.165, 1.54) is 26.3 Å². The maximum absolute atomic E-state index is 12.5. The highest BCUT2D eigenvalue weighted by Crippen LogP contribution is 2.29. The number of sulfonamides is 1. The minimum atomic E-state index is -3.78. The average molecular weight is 318 g/mol. The van der Waals surface area contributed by atoms with Crippen LogP contribution in [0.3, 0.4) is 0 Å². The van der Waals surface area contributed by atoms with Gasteiger partial charge in [0.25, 0.3) is 0 Å². The quantitative estimate of drug-likeness (QED) is 0.831. The van der Waals surface area contributed by atoms with Gasteiger partial charge >= 0.3 is 0 Å². The van der Waals surface area contributed by atoms with Crippen molar-refractivity contribution in [2.45, 2.75) is 11.4 Å². The predicted octanol–water partition coefficient (Wildman–Crippen LogP) is 1.55. The van der Waals surface area contributed by atoms with E-state index < -0.39 is 10.0 Å². The van der Waals surface area contributed by atoms with E-state index in [2.05, 4.69) is 14.7 Å². The summed E-state index contributed by atoms with van der Waals surface area (Å²) >= 11 is 5.85. The van der Waals surface area contributed by atoms with Gasteiger partial charge in [0, 0.05) is 12.1 Å². The van der Waals surface area contributed by atoms with E-state index in [4.69, 9.17) is 16.3 Å². The third-order valence-electron chi connectivity index (χ3n) is 2.58. The van der Waals surface area contributed by atoms with Crippen LogP contribution in [0, 0.1) is 0 Å². The van der Waals surface area contributed by atoms with E-state index in [1.54, 1.807) is 6.07 Å². The number of rotatable bonds is 5. The number of aromatic nitrogens is 2. The summed E-state index contributed by atoms with van der Waals surface area (Å²) in [7, 11) is -0.979. The Morgan fingerprint density at radius 1 is 1.45 bits per heavy atom. The minimum absolute atomic E-state index is 0.0153. The van der Waals surface area contributed by atoms with E-state index in [0.717, 1.165) is 10.7 Å². The second-order valence-corrected chi connectivity index (χ2v) is 6.35. The first-order valence-corrected chi connectivity index (χ1v) is 7.32. The maximum Gasteiger partial charge on any atom is 0.246 e. The lowest BCUT2D eigenvalue weighted by molar-refractivity contribution is 0.387. The number of hydrogen-bond donors (Lipinski definition) is 0. The molecule has 2 rings (SSSR count). The molecule has 2 aromatic rings. The van der Waals surface area contributed by atoms with Gasteiger partial charge in [0.1, 0.15) is 10.6 Å². The summed E-state index contributed by atoms with van der Waals surface area (Å²) in [5.41, 5.74) is 0. The SMILES string of the molecule is COc1ccc(Cl)cc1S(=O)(=O)N(C)Cc1ncon1. The lowest BCUT2D eigenvalue weighted by Gasteiger charge is -2.17. The van der Waals surface area contributed by atoms with Crippen LogP contribution in [0.15, 0.2) is 34.0 Å². The number of hydrogen-bond acceptors (Lipinski definition) is 6. The van der Waals surface area contributed by atoms with Gasteiger partial charge in [0.2, 0.25) is 16.4 Å². The first-order valence-electron chi connectivity index (χ1n) is 5.50. The summed E-state index contributed by atoms with van der Waals surface area (Å²) in [5, 5.41) is 3.88. The molecule has 9 heteroatoms. The van der Waals surface area contributed by atoms with Gasteiger partial charge < -0.3 is 9.26 Å². The number of nitrogens with zero attached hydrogens (tertiary/aromatic N) is 3. The van der Waals surface area contributed by atoms with Crippen LogP contribution in [-0.4, -0.2) is 37.0 Å². The molecule has 1 aromatic heterocycles. The molecule has 108 valence electrons. The van der Waals surface area contributed by atoms with E-state index in [0.29, 0.717) is 5.02 Å². The number of benzene rings is 1. The summed E-state index contributed by atoms with van der Waals surface area (Å²) in [5.74, 6) is 0.478. The fourth-order valence-corrected chi connectivity index (χ4v) is 3.11. The zero-order valence-corrected chi connectivity index (χ0v) is 12.3. The Labute approximate surface area is 121 Å². The molecular weight excluding hydrogens is 306 g/mol. The van der Waals surface area contributed by atoms with Crippen LogP contribution in [0.4, 0.5) is 0 Å². The van der Waals surface area contributed by atoms with Crippen molar-refractivity contribution < 1.29 is 17.7 Å². The van der Waals surface area contributed by atoms with Gasteiger partial charge in [-0.3, -0.25) is 0 Å². The lowest BCUT2D eigenvalue weighted by atomic mass is 10.3. The van der Waals surface area contributed by atoms with Crippen LogP contribution in [0.1, 0.15) is 5.82 Å². The van der Waals surface area contributed by atoms with Crippen molar-refractivity contribution in [3.05, 3.63) is 35.4 Å². The van der Waals surface area contributed by atoms with Crippen molar-refractivity contribution in [3.63, 3.8) is 0 Å². The normalized spacial score (nSPS) is 11.8. The van der Waals surface area contributed by atoms with Crippen molar-refractivity contribution in [3.8, 4) is 5.75 Å². The highest BCUT2D eigenvalue weighted by molar-refractivity contribution is 7.89. The average Bonchev–Trinajstić information content (AvgIpc) is 2.91. The van der Waals surface area contributed by atoms with Crippen molar-refractivity contribution in [2.24, 2.45) is 0 Å². The highest BCUT2D eigenvalue weighted by atomic mass is 35.5. The van der Waals surface area contributed by atoms with Crippen LogP contribution in [-0.2, 0) is 16.6 Å². The fourth-order valence-electron chi connectivity index (χ4n) is 1.57. The van der Waals surface area contributed by atoms with E-state index >= 15 is 0 Å². The van der Waals surface area contributed by atoms with Crippen molar-refractivity contribution >= 4 is 21.6 Å². The predicted molar refractivity (Wildman–Crippen MR) is 71.0 cm³/mol. The first-order chi connectivity index (χ1) is 9.45. The van der Waals surface area contributed by atoms with Gasteiger partial charge in [-0.25, -0.2) is 8.42 Å². The lowest BCUT2D eigenvalue weighted by Crippen LogP contribution is -2.27. The molecule has 0 bridgehead atoms. The topological polar surface area (TPSA) is 85.5 Å². The van der Waals surface area contributed by atoms with E-state index in [-0.39, 0.29) is 23.0 Å². The van der Waals surface area contributed by atoms with Crippen molar-refractivity contribution in [1.29, 1.82) is 0 Å². The minimum Gasteiger partial charge on any atom is -0.495 e. The molecule has 0 fully saturated rings. The Balaban J connectivity index is 2.36. The molecule has 0 spiro atoms. The molecule has 1 heterocycles. The zero-order valence-electron chi connectivity index (χ0n) is 10.8. The van der Waals surface area contributed by atoms with E-state index in [9.17, 15) is 8.42 Å². The van der Waals surface area contributed by atoms with E-state index in [1.807, 2.05) is 0 Å². The fraction of sp³-hybridized carbons (Fsp3) is 0.273. The third kappa shape index (κ3) is 2.92. The van der Waals surface area contributed by atoms with Crippen LogP contribution >= 0.6 is 11.6 Å². The molecule has 0 N–H and O–H groups in total. The molecular formula is C11H12ClN3O4S. The molecule has 7 nitrogen and oxygen atoms in total. The number of halogens is 1. The summed E-state index contributed by atoms with van der Waals surface area (Å²) in [6, 6.07) is 4.39. The Kier molecular flexibility index (Phi) is 4.26. The van der Waals surface area contributed by atoms with Crippen LogP contribution < -0.4 is 4.74 Å². The summed E-state index contributed by atoms with van der Waals surface area (Å²) in [6.07, 6.45) is 1.13. The number of methoxy groups -OCH3 is 1. The largest absolute Gasteiger partial charge is 0.495 e. The van der Waals surface area contributed by atoms with Gasteiger partial charge in [0.15, 0.2) is 5.82 Å². The molecule has 0 aliphatic rings. The van der Waals surface area contributed by atoms with Gasteiger partial charge in [-0.1, -0.05) is 16.8 Å². The number of ether oxygens (including phenoxy) is 1. The van der Waals surface area contributed by atoms with Gasteiger partial charge in [-0.15, -0.1) is 0 Å². The monoisotopic (exact) mass is 317 g/mol. The van der Waals surface area contributed by atoms with Crippen LogP contribution in [0.2, 0.25) is 5.02 Å². The second-order valence-electron chi connectivity index (χ2n) is 3.90. The molecule has 20 heavy (non-hydrogen) atoms. The molecule has 0 radical (unpaired) electrons. The summed E-state index contributed by atoms with van der Waals surface area (Å²) in [4.78, 5) is 3.77. The Morgan fingerprint density at radius 3 is 2.80 bits per heavy atom. The molecule has 0 aliphatic heterocycles. The van der Waals surface area contributed by atoms with Gasteiger partial charge in [-0.2, -0.15) is 9.29 Å². The summed E-state index contributed by atoms with van der Waals surface area (Å²) < 4.78 is 35.7. The van der Waals surface area contributed by atoms with Gasteiger partial charge in [0.05, 0.1) is 13.7 Å². The first kappa shape index (κ1) is 14.8. The Hall–Kier alpha value is -1.64. The summed E-state index contributed by atoms with van der Waals surface area (Å²) in [6.45, 7) is -0.0193. The highest BCUT2D eigenvalue weighted by Gasteiger charge is 2.26. The molecule has 0 saturated heterocycles. The van der Waals surface area contributed by atoms with Crippen LogP contribution in [0.25, 0.3) is 0 Å². The Bertz CT molecular complexity index is 688.